The quantitative estimate of drug-likeness (QED) is 0.779. The van der Waals surface area contributed by atoms with Gasteiger partial charge >= 0.3 is 0 Å². The molecule has 0 spiro atoms. The zero-order valence-electron chi connectivity index (χ0n) is 10.6. The van der Waals surface area contributed by atoms with Crippen molar-refractivity contribution in [3.63, 3.8) is 0 Å². The van der Waals surface area contributed by atoms with Crippen LogP contribution in [0.15, 0.2) is 45.4 Å². The fourth-order valence-electron chi connectivity index (χ4n) is 1.84. The molecule has 1 N–H and O–H groups in total. The Hall–Kier alpha value is -2.21. The van der Waals surface area contributed by atoms with Crippen LogP contribution in [-0.4, -0.2) is 15.9 Å². The highest BCUT2D eigenvalue weighted by molar-refractivity contribution is 9.10. The molecule has 1 amide bonds. The number of anilines is 1. The Labute approximate surface area is 123 Å². The molecule has 0 atom stereocenters. The van der Waals surface area contributed by atoms with Crippen LogP contribution in [-0.2, 0) is 0 Å². The maximum atomic E-state index is 12.1. The van der Waals surface area contributed by atoms with Crippen LogP contribution >= 0.6 is 15.9 Å². The number of pyridine rings is 1. The molecule has 0 aliphatic carbocycles. The second-order valence-electron chi connectivity index (χ2n) is 4.23. The average molecular weight is 332 g/mol. The van der Waals surface area contributed by atoms with Crippen molar-refractivity contribution in [1.29, 1.82) is 0 Å². The third-order valence-corrected chi connectivity index (χ3v) is 3.21. The first-order valence-electron chi connectivity index (χ1n) is 5.92. The number of carbonyl (C=O) groups excluding carboxylic acids is 1. The Balaban J connectivity index is 1.88. The Morgan fingerprint density at radius 1 is 1.30 bits per heavy atom. The van der Waals surface area contributed by atoms with E-state index in [0.717, 1.165) is 9.99 Å². The zero-order valence-corrected chi connectivity index (χ0v) is 12.1. The molecule has 1 aromatic carbocycles. The summed E-state index contributed by atoms with van der Waals surface area (Å²) in [6.45, 7) is 1.77. The standard InChI is InChI=1S/C14H10BrN3O2/c1-8-17-11-3-2-9(6-12(11)20-8)14(19)18-13-7-10(15)4-5-16-13/h2-7H,1H3,(H,16,18,19). The Kier molecular flexibility index (Phi) is 3.23. The molecule has 2 heterocycles. The van der Waals surface area contributed by atoms with Crippen LogP contribution in [0.2, 0.25) is 0 Å². The topological polar surface area (TPSA) is 68.0 Å². The number of aryl methyl sites for hydroxylation is 1. The average Bonchev–Trinajstić information content (AvgIpc) is 2.77. The molecule has 0 unspecified atom stereocenters. The summed E-state index contributed by atoms with van der Waals surface area (Å²) in [4.78, 5) is 20.4. The normalized spacial score (nSPS) is 10.7. The summed E-state index contributed by atoms with van der Waals surface area (Å²) in [6, 6.07) is 8.66. The number of nitrogens with zero attached hydrogens (tertiary/aromatic N) is 2. The number of carbonyl (C=O) groups is 1. The van der Waals surface area contributed by atoms with Gasteiger partial charge in [-0.2, -0.15) is 0 Å². The molecule has 6 heteroatoms. The van der Waals surface area contributed by atoms with E-state index in [1.807, 2.05) is 0 Å². The summed E-state index contributed by atoms with van der Waals surface area (Å²) < 4.78 is 6.26. The van der Waals surface area contributed by atoms with Crippen LogP contribution < -0.4 is 5.32 Å². The van der Waals surface area contributed by atoms with Crippen molar-refractivity contribution in [3.8, 4) is 0 Å². The smallest absolute Gasteiger partial charge is 0.256 e. The molecule has 0 saturated carbocycles. The van der Waals surface area contributed by atoms with Crippen LogP contribution in [0, 0.1) is 6.92 Å². The van der Waals surface area contributed by atoms with Crippen LogP contribution in [0.5, 0.6) is 0 Å². The van der Waals surface area contributed by atoms with Crippen molar-refractivity contribution in [2.24, 2.45) is 0 Å². The predicted molar refractivity (Wildman–Crippen MR) is 78.6 cm³/mol. The van der Waals surface area contributed by atoms with E-state index in [1.54, 1.807) is 43.5 Å². The molecule has 0 fully saturated rings. The summed E-state index contributed by atoms with van der Waals surface area (Å²) in [7, 11) is 0. The van der Waals surface area contributed by atoms with Gasteiger partial charge in [-0.15, -0.1) is 0 Å². The van der Waals surface area contributed by atoms with E-state index in [1.165, 1.54) is 0 Å². The summed E-state index contributed by atoms with van der Waals surface area (Å²) in [5, 5.41) is 2.73. The fraction of sp³-hybridized carbons (Fsp3) is 0.0714. The highest BCUT2D eigenvalue weighted by atomic mass is 79.9. The molecule has 100 valence electrons. The van der Waals surface area contributed by atoms with Gasteiger partial charge in [-0.25, -0.2) is 9.97 Å². The number of aromatic nitrogens is 2. The third kappa shape index (κ3) is 2.55. The maximum absolute atomic E-state index is 12.1. The van der Waals surface area contributed by atoms with Gasteiger partial charge in [0.25, 0.3) is 5.91 Å². The van der Waals surface area contributed by atoms with Crippen LogP contribution in [0.1, 0.15) is 16.2 Å². The molecule has 2 aromatic heterocycles. The number of benzene rings is 1. The van der Waals surface area contributed by atoms with Crippen molar-refractivity contribution >= 4 is 38.8 Å². The van der Waals surface area contributed by atoms with Gasteiger partial charge in [0, 0.05) is 23.2 Å². The largest absolute Gasteiger partial charge is 0.441 e. The van der Waals surface area contributed by atoms with Crippen LogP contribution in [0.3, 0.4) is 0 Å². The second-order valence-corrected chi connectivity index (χ2v) is 5.14. The van der Waals surface area contributed by atoms with Gasteiger partial charge in [0.05, 0.1) is 0 Å². The highest BCUT2D eigenvalue weighted by Gasteiger charge is 2.10. The summed E-state index contributed by atoms with van der Waals surface area (Å²) >= 11 is 3.33. The molecule has 3 rings (SSSR count). The monoisotopic (exact) mass is 331 g/mol. The lowest BCUT2D eigenvalue weighted by atomic mass is 10.2. The minimum Gasteiger partial charge on any atom is -0.441 e. The molecular formula is C14H10BrN3O2. The van der Waals surface area contributed by atoms with Gasteiger partial charge < -0.3 is 9.73 Å². The summed E-state index contributed by atoms with van der Waals surface area (Å²) in [5.41, 5.74) is 1.83. The Bertz CT molecular complexity index is 798. The van der Waals surface area contributed by atoms with Gasteiger partial charge in [0.15, 0.2) is 11.5 Å². The number of oxazole rings is 1. The second kappa shape index (κ2) is 5.05. The van der Waals surface area contributed by atoms with Gasteiger partial charge in [0.1, 0.15) is 11.3 Å². The van der Waals surface area contributed by atoms with Crippen LogP contribution in [0.25, 0.3) is 11.1 Å². The van der Waals surface area contributed by atoms with E-state index in [0.29, 0.717) is 22.9 Å². The molecule has 0 radical (unpaired) electrons. The van der Waals surface area contributed by atoms with E-state index in [4.69, 9.17) is 4.42 Å². The van der Waals surface area contributed by atoms with Crippen LogP contribution in [0.4, 0.5) is 5.82 Å². The molecule has 20 heavy (non-hydrogen) atoms. The number of nitrogens with one attached hydrogen (secondary N) is 1. The number of rotatable bonds is 2. The van der Waals surface area contributed by atoms with Gasteiger partial charge in [0.2, 0.25) is 0 Å². The first-order chi connectivity index (χ1) is 9.61. The third-order valence-electron chi connectivity index (χ3n) is 2.72. The number of hydrogen-bond acceptors (Lipinski definition) is 4. The zero-order chi connectivity index (χ0) is 14.1. The fourth-order valence-corrected chi connectivity index (χ4v) is 2.18. The Morgan fingerprint density at radius 2 is 2.15 bits per heavy atom. The lowest BCUT2D eigenvalue weighted by Gasteiger charge is -2.04. The minimum absolute atomic E-state index is 0.244. The molecular weight excluding hydrogens is 322 g/mol. The predicted octanol–water partition coefficient (Wildman–Crippen LogP) is 3.55. The van der Waals surface area contributed by atoms with Gasteiger partial charge in [-0.1, -0.05) is 15.9 Å². The first-order valence-corrected chi connectivity index (χ1v) is 6.71. The minimum atomic E-state index is -0.244. The van der Waals surface area contributed by atoms with Crippen molar-refractivity contribution in [2.45, 2.75) is 6.92 Å². The van der Waals surface area contributed by atoms with E-state index in [2.05, 4.69) is 31.2 Å². The number of fused-ring (bicyclic) bond motifs is 1. The summed E-state index contributed by atoms with van der Waals surface area (Å²) in [6.07, 6.45) is 1.61. The molecule has 0 aliphatic rings. The van der Waals surface area contributed by atoms with E-state index in [9.17, 15) is 4.79 Å². The lowest BCUT2D eigenvalue weighted by molar-refractivity contribution is 0.102. The molecule has 0 saturated heterocycles. The van der Waals surface area contributed by atoms with Crippen molar-refractivity contribution in [2.75, 3.05) is 5.32 Å². The van der Waals surface area contributed by atoms with Gasteiger partial charge in [-0.3, -0.25) is 4.79 Å². The molecule has 5 nitrogen and oxygen atoms in total. The van der Waals surface area contributed by atoms with Crippen molar-refractivity contribution in [1.82, 2.24) is 9.97 Å². The van der Waals surface area contributed by atoms with E-state index in [-0.39, 0.29) is 5.91 Å². The summed E-state index contributed by atoms with van der Waals surface area (Å²) in [5.74, 6) is 0.816. The van der Waals surface area contributed by atoms with Crippen molar-refractivity contribution < 1.29 is 9.21 Å². The van der Waals surface area contributed by atoms with Gasteiger partial charge in [-0.05, 0) is 30.3 Å². The maximum Gasteiger partial charge on any atom is 0.256 e. The Morgan fingerprint density at radius 3 is 2.95 bits per heavy atom. The number of hydrogen-bond donors (Lipinski definition) is 1. The first kappa shape index (κ1) is 12.8. The van der Waals surface area contributed by atoms with E-state index >= 15 is 0 Å². The van der Waals surface area contributed by atoms with Crippen molar-refractivity contribution in [3.05, 3.63) is 52.5 Å². The highest BCUT2D eigenvalue weighted by Crippen LogP contribution is 2.18. The number of halogens is 1. The lowest BCUT2D eigenvalue weighted by Crippen LogP contribution is -2.12. The SMILES string of the molecule is Cc1nc2ccc(C(=O)Nc3cc(Br)ccn3)cc2o1. The number of amides is 1. The molecule has 3 aromatic rings. The molecule has 0 bridgehead atoms. The molecule has 0 aliphatic heterocycles. The van der Waals surface area contributed by atoms with E-state index < -0.39 is 0 Å².